The van der Waals surface area contributed by atoms with Crippen LogP contribution in [0.25, 0.3) is 22.1 Å². The van der Waals surface area contributed by atoms with Crippen LogP contribution in [0.15, 0.2) is 57.7 Å². The van der Waals surface area contributed by atoms with Crippen LogP contribution in [0, 0.1) is 12.7 Å². The molecule has 2 nitrogen and oxygen atoms in total. The standard InChI is InChI=1S/C16H11FO2/c1-10-15(11-5-4-6-12(17)9-11)16(18)13-7-2-3-8-14(13)19-10/h2-9H,1H3. The summed E-state index contributed by atoms with van der Waals surface area (Å²) in [7, 11) is 0. The molecule has 0 atom stereocenters. The lowest BCUT2D eigenvalue weighted by Crippen LogP contribution is -2.07. The minimum absolute atomic E-state index is 0.134. The summed E-state index contributed by atoms with van der Waals surface area (Å²) in [4.78, 5) is 12.5. The van der Waals surface area contributed by atoms with Crippen LogP contribution in [-0.2, 0) is 0 Å². The molecule has 19 heavy (non-hydrogen) atoms. The van der Waals surface area contributed by atoms with E-state index >= 15 is 0 Å². The van der Waals surface area contributed by atoms with Crippen molar-refractivity contribution < 1.29 is 8.81 Å². The van der Waals surface area contributed by atoms with Gasteiger partial charge < -0.3 is 4.42 Å². The lowest BCUT2D eigenvalue weighted by atomic mass is 10.0. The lowest BCUT2D eigenvalue weighted by Gasteiger charge is -2.06. The molecule has 0 aliphatic carbocycles. The maximum atomic E-state index is 13.3. The Balaban J connectivity index is 2.39. The molecule has 0 radical (unpaired) electrons. The van der Waals surface area contributed by atoms with E-state index < -0.39 is 0 Å². The number of halogens is 1. The van der Waals surface area contributed by atoms with Gasteiger partial charge in [-0.05, 0) is 36.8 Å². The highest BCUT2D eigenvalue weighted by Gasteiger charge is 2.13. The van der Waals surface area contributed by atoms with Gasteiger partial charge in [0, 0.05) is 0 Å². The maximum Gasteiger partial charge on any atom is 0.200 e. The fourth-order valence-corrected chi connectivity index (χ4v) is 2.23. The van der Waals surface area contributed by atoms with E-state index in [9.17, 15) is 9.18 Å². The van der Waals surface area contributed by atoms with Crippen LogP contribution >= 0.6 is 0 Å². The normalized spacial score (nSPS) is 10.8. The first-order valence-corrected chi connectivity index (χ1v) is 5.95. The molecule has 0 bridgehead atoms. The number of hydrogen-bond donors (Lipinski definition) is 0. The Hall–Kier alpha value is -2.42. The first-order chi connectivity index (χ1) is 9.16. The van der Waals surface area contributed by atoms with Crippen LogP contribution in [0.2, 0.25) is 0 Å². The highest BCUT2D eigenvalue weighted by atomic mass is 19.1. The molecule has 0 saturated carbocycles. The van der Waals surface area contributed by atoms with Crippen molar-refractivity contribution in [2.75, 3.05) is 0 Å². The summed E-state index contributed by atoms with van der Waals surface area (Å²) in [5.74, 6) is 0.124. The van der Waals surface area contributed by atoms with Crippen LogP contribution in [-0.4, -0.2) is 0 Å². The lowest BCUT2D eigenvalue weighted by molar-refractivity contribution is 0.567. The second kappa shape index (κ2) is 4.35. The molecule has 94 valence electrons. The fraction of sp³-hybridized carbons (Fsp3) is 0.0625. The van der Waals surface area contributed by atoms with Crippen molar-refractivity contribution >= 4 is 11.0 Å². The van der Waals surface area contributed by atoms with E-state index in [1.165, 1.54) is 12.1 Å². The SMILES string of the molecule is Cc1oc2ccccc2c(=O)c1-c1cccc(F)c1. The number of fused-ring (bicyclic) bond motifs is 1. The van der Waals surface area contributed by atoms with Gasteiger partial charge in [0.05, 0.1) is 10.9 Å². The van der Waals surface area contributed by atoms with Crippen LogP contribution in [0.3, 0.4) is 0 Å². The Labute approximate surface area is 109 Å². The highest BCUT2D eigenvalue weighted by Crippen LogP contribution is 2.24. The van der Waals surface area contributed by atoms with E-state index in [-0.39, 0.29) is 11.2 Å². The number of rotatable bonds is 1. The zero-order valence-corrected chi connectivity index (χ0v) is 10.3. The van der Waals surface area contributed by atoms with Crippen molar-refractivity contribution in [2.24, 2.45) is 0 Å². The van der Waals surface area contributed by atoms with E-state index in [2.05, 4.69) is 0 Å². The van der Waals surface area contributed by atoms with Gasteiger partial charge in [-0.25, -0.2) is 4.39 Å². The Morgan fingerprint density at radius 3 is 2.63 bits per heavy atom. The molecule has 0 unspecified atom stereocenters. The first kappa shape index (κ1) is 11.7. The Morgan fingerprint density at radius 2 is 1.84 bits per heavy atom. The molecule has 0 N–H and O–H groups in total. The van der Waals surface area contributed by atoms with Crippen molar-refractivity contribution in [3.63, 3.8) is 0 Å². The molecule has 3 heteroatoms. The minimum atomic E-state index is -0.371. The molecule has 1 aromatic heterocycles. The third-order valence-corrected chi connectivity index (χ3v) is 3.09. The third kappa shape index (κ3) is 1.93. The molecule has 1 heterocycles. The van der Waals surface area contributed by atoms with Crippen molar-refractivity contribution in [2.45, 2.75) is 6.92 Å². The average Bonchev–Trinajstić information content (AvgIpc) is 2.39. The zero-order valence-electron chi connectivity index (χ0n) is 10.3. The summed E-state index contributed by atoms with van der Waals surface area (Å²) in [5.41, 5.74) is 1.37. The van der Waals surface area contributed by atoms with Crippen molar-refractivity contribution in [3.05, 3.63) is 70.3 Å². The molecule has 0 aliphatic heterocycles. The molecule has 0 amide bonds. The van der Waals surface area contributed by atoms with Gasteiger partial charge in [-0.1, -0.05) is 24.3 Å². The predicted molar refractivity (Wildman–Crippen MR) is 72.6 cm³/mol. The Morgan fingerprint density at radius 1 is 1.05 bits per heavy atom. The summed E-state index contributed by atoms with van der Waals surface area (Å²) >= 11 is 0. The highest BCUT2D eigenvalue weighted by molar-refractivity contribution is 5.82. The van der Waals surface area contributed by atoms with E-state index in [4.69, 9.17) is 4.42 Å². The number of para-hydroxylation sites is 1. The monoisotopic (exact) mass is 254 g/mol. The van der Waals surface area contributed by atoms with E-state index in [1.54, 1.807) is 37.3 Å². The van der Waals surface area contributed by atoms with Crippen LogP contribution in [0.4, 0.5) is 4.39 Å². The van der Waals surface area contributed by atoms with Gasteiger partial charge in [-0.15, -0.1) is 0 Å². The van der Waals surface area contributed by atoms with Crippen molar-refractivity contribution in [1.82, 2.24) is 0 Å². The van der Waals surface area contributed by atoms with Gasteiger partial charge in [0.1, 0.15) is 17.2 Å². The summed E-state index contributed by atoms with van der Waals surface area (Å²) < 4.78 is 18.9. The Bertz CT molecular complexity index is 818. The molecule has 2 aromatic carbocycles. The topological polar surface area (TPSA) is 30.2 Å². The fourth-order valence-electron chi connectivity index (χ4n) is 2.23. The van der Waals surface area contributed by atoms with Gasteiger partial charge in [-0.2, -0.15) is 0 Å². The maximum absolute atomic E-state index is 13.3. The summed E-state index contributed by atoms with van der Waals surface area (Å²) in [6.45, 7) is 1.72. The molecule has 0 spiro atoms. The molecule has 0 aliphatic rings. The predicted octanol–water partition coefficient (Wildman–Crippen LogP) is 3.91. The molecule has 3 aromatic rings. The molecular weight excluding hydrogens is 243 g/mol. The average molecular weight is 254 g/mol. The van der Waals surface area contributed by atoms with Crippen LogP contribution in [0.5, 0.6) is 0 Å². The number of benzene rings is 2. The van der Waals surface area contributed by atoms with Crippen molar-refractivity contribution in [3.8, 4) is 11.1 Å². The van der Waals surface area contributed by atoms with Gasteiger partial charge >= 0.3 is 0 Å². The van der Waals surface area contributed by atoms with E-state index in [1.807, 2.05) is 6.07 Å². The van der Waals surface area contributed by atoms with E-state index in [0.29, 0.717) is 27.9 Å². The zero-order chi connectivity index (χ0) is 13.4. The van der Waals surface area contributed by atoms with Crippen molar-refractivity contribution in [1.29, 1.82) is 0 Å². The van der Waals surface area contributed by atoms with Gasteiger partial charge in [0.15, 0.2) is 0 Å². The van der Waals surface area contributed by atoms with Gasteiger partial charge in [-0.3, -0.25) is 4.79 Å². The molecule has 3 rings (SSSR count). The third-order valence-electron chi connectivity index (χ3n) is 3.09. The number of aryl methyl sites for hydroxylation is 1. The largest absolute Gasteiger partial charge is 0.460 e. The van der Waals surface area contributed by atoms with E-state index in [0.717, 1.165) is 0 Å². The molecule has 0 saturated heterocycles. The molecular formula is C16H11FO2. The second-order valence-corrected chi connectivity index (χ2v) is 4.37. The summed E-state index contributed by atoms with van der Waals surface area (Å²) in [6, 6.07) is 13.0. The van der Waals surface area contributed by atoms with Gasteiger partial charge in [0.25, 0.3) is 0 Å². The summed E-state index contributed by atoms with van der Waals surface area (Å²) in [6.07, 6.45) is 0. The first-order valence-electron chi connectivity index (χ1n) is 5.95. The second-order valence-electron chi connectivity index (χ2n) is 4.37. The van der Waals surface area contributed by atoms with Gasteiger partial charge in [0.2, 0.25) is 5.43 Å². The smallest absolute Gasteiger partial charge is 0.200 e. The summed E-state index contributed by atoms with van der Waals surface area (Å²) in [5, 5.41) is 0.507. The quantitative estimate of drug-likeness (QED) is 0.659. The van der Waals surface area contributed by atoms with Crippen LogP contribution < -0.4 is 5.43 Å². The number of hydrogen-bond acceptors (Lipinski definition) is 2. The van der Waals surface area contributed by atoms with Crippen LogP contribution in [0.1, 0.15) is 5.76 Å². The molecule has 0 fully saturated rings. The Kier molecular flexibility index (Phi) is 2.67. The minimum Gasteiger partial charge on any atom is -0.460 e.